The van der Waals surface area contributed by atoms with Gasteiger partial charge in [0, 0.05) is 4.80 Å². The highest BCUT2D eigenvalue weighted by atomic mass is 16.6. The fourth-order valence-corrected chi connectivity index (χ4v) is 2.98. The Morgan fingerprint density at radius 3 is 2.23 bits per heavy atom. The molecule has 8 nitrogen and oxygen atoms in total. The van der Waals surface area contributed by atoms with E-state index in [9.17, 15) is 15.3 Å². The lowest BCUT2D eigenvalue weighted by molar-refractivity contribution is -0.735. The molecule has 4 rings (SSSR count). The van der Waals surface area contributed by atoms with E-state index in [2.05, 4.69) is 10.2 Å². The molecule has 0 bridgehead atoms. The van der Waals surface area contributed by atoms with E-state index in [4.69, 9.17) is 4.74 Å². The van der Waals surface area contributed by atoms with Gasteiger partial charge in [0.15, 0.2) is 11.8 Å². The van der Waals surface area contributed by atoms with Crippen molar-refractivity contribution >= 4 is 0 Å². The fraction of sp³-hybridized carbons (Fsp3) is 0.278. The third kappa shape index (κ3) is 2.89. The molecule has 26 heavy (non-hydrogen) atoms. The lowest BCUT2D eigenvalue weighted by atomic mass is 10.1. The van der Waals surface area contributed by atoms with Crippen molar-refractivity contribution < 1.29 is 24.9 Å². The van der Waals surface area contributed by atoms with Crippen molar-refractivity contribution in [3.05, 3.63) is 66.5 Å². The molecule has 8 heteroatoms. The molecule has 1 aromatic heterocycles. The number of nitrogens with zero attached hydrogens (tertiary/aromatic N) is 4. The second-order valence-electron chi connectivity index (χ2n) is 6.07. The minimum atomic E-state index is -1.22. The molecule has 1 aliphatic rings. The summed E-state index contributed by atoms with van der Waals surface area (Å²) < 4.78 is 5.56. The van der Waals surface area contributed by atoms with Crippen LogP contribution in [0.25, 0.3) is 11.4 Å². The normalized spacial score (nSPS) is 25.5. The van der Waals surface area contributed by atoms with Crippen LogP contribution < -0.4 is 4.80 Å². The van der Waals surface area contributed by atoms with Crippen molar-refractivity contribution in [3.8, 4) is 11.4 Å². The van der Waals surface area contributed by atoms with Gasteiger partial charge in [0.1, 0.15) is 24.0 Å². The lowest BCUT2D eigenvalue weighted by Gasteiger charge is -2.10. The minimum absolute atomic E-state index is 0.222. The average Bonchev–Trinajstić information content (AvgIpc) is 3.25. The molecular weight excluding hydrogens is 336 g/mol. The predicted octanol–water partition coefficient (Wildman–Crippen LogP) is -0.302. The zero-order valence-corrected chi connectivity index (χ0v) is 13.8. The molecular formula is C18H19N4O4+. The quantitative estimate of drug-likeness (QED) is 0.555. The molecule has 3 N–H and O–H groups in total. The monoisotopic (exact) mass is 355 g/mol. The number of hydrogen-bond donors (Lipinski definition) is 3. The number of tetrazole rings is 1. The number of aliphatic hydroxyl groups is 3. The van der Waals surface area contributed by atoms with Crippen molar-refractivity contribution in [3.63, 3.8) is 0 Å². The first kappa shape index (κ1) is 16.8. The number of benzene rings is 2. The SMILES string of the molecule is OC[C@H]1O[C@H](c2nn(-c3ccccc3)[n+](-c3ccccc3)n2)[C@@H](O)[C@H]1O. The molecule has 134 valence electrons. The van der Waals surface area contributed by atoms with Crippen LogP contribution in [0.1, 0.15) is 11.9 Å². The van der Waals surface area contributed by atoms with Crippen LogP contribution in [0.15, 0.2) is 60.7 Å². The summed E-state index contributed by atoms with van der Waals surface area (Å²) in [5.74, 6) is 0.222. The molecule has 3 aromatic rings. The Morgan fingerprint density at radius 1 is 0.962 bits per heavy atom. The number of aliphatic hydroxyl groups excluding tert-OH is 3. The third-order valence-corrected chi connectivity index (χ3v) is 4.34. The summed E-state index contributed by atoms with van der Waals surface area (Å²) in [4.78, 5) is 3.19. The van der Waals surface area contributed by atoms with Gasteiger partial charge in [-0.3, -0.25) is 0 Å². The molecule has 4 atom stereocenters. The first-order valence-corrected chi connectivity index (χ1v) is 8.32. The molecule has 0 unspecified atom stereocenters. The van der Waals surface area contributed by atoms with Gasteiger partial charge >= 0.3 is 5.82 Å². The molecule has 0 aliphatic carbocycles. The number of ether oxygens (including phenoxy) is 1. The predicted molar refractivity (Wildman–Crippen MR) is 89.6 cm³/mol. The van der Waals surface area contributed by atoms with Crippen molar-refractivity contribution in [1.29, 1.82) is 0 Å². The zero-order chi connectivity index (χ0) is 18.1. The van der Waals surface area contributed by atoms with E-state index >= 15 is 0 Å². The molecule has 1 fully saturated rings. The van der Waals surface area contributed by atoms with Crippen LogP contribution in [0.5, 0.6) is 0 Å². The second-order valence-corrected chi connectivity index (χ2v) is 6.07. The van der Waals surface area contributed by atoms with Crippen LogP contribution in [-0.4, -0.2) is 55.2 Å². The first-order chi connectivity index (χ1) is 12.7. The molecule has 2 aromatic carbocycles. The highest BCUT2D eigenvalue weighted by molar-refractivity contribution is 5.28. The summed E-state index contributed by atoms with van der Waals surface area (Å²) in [5.41, 5.74) is 1.56. The summed E-state index contributed by atoms with van der Waals surface area (Å²) in [5, 5.41) is 38.5. The molecule has 0 radical (unpaired) electrons. The van der Waals surface area contributed by atoms with Gasteiger partial charge in [0.2, 0.25) is 0 Å². The maximum absolute atomic E-state index is 10.3. The number of para-hydroxylation sites is 2. The Labute approximate surface area is 149 Å². The van der Waals surface area contributed by atoms with Crippen LogP contribution in [0.3, 0.4) is 0 Å². The first-order valence-electron chi connectivity index (χ1n) is 8.32. The van der Waals surface area contributed by atoms with Gasteiger partial charge in [-0.2, -0.15) is 0 Å². The lowest BCUT2D eigenvalue weighted by Crippen LogP contribution is -2.43. The Balaban J connectivity index is 1.80. The molecule has 1 saturated heterocycles. The number of rotatable bonds is 4. The minimum Gasteiger partial charge on any atom is -0.394 e. The Hall–Kier alpha value is -2.65. The van der Waals surface area contributed by atoms with E-state index in [0.29, 0.717) is 0 Å². The Kier molecular flexibility index (Phi) is 4.48. The van der Waals surface area contributed by atoms with Gasteiger partial charge in [-0.15, -0.1) is 0 Å². The topological polar surface area (TPSA) is 105 Å². The Bertz CT molecular complexity index is 814. The summed E-state index contributed by atoms with van der Waals surface area (Å²) in [6.45, 7) is -0.396. The van der Waals surface area contributed by atoms with Gasteiger partial charge < -0.3 is 20.1 Å². The van der Waals surface area contributed by atoms with Crippen LogP contribution in [0.4, 0.5) is 0 Å². The van der Waals surface area contributed by atoms with Crippen molar-refractivity contribution in [2.45, 2.75) is 24.4 Å². The summed E-state index contributed by atoms with van der Waals surface area (Å²) in [7, 11) is 0. The van der Waals surface area contributed by atoms with Gasteiger partial charge in [0.05, 0.1) is 11.7 Å². The highest BCUT2D eigenvalue weighted by Crippen LogP contribution is 2.31. The Morgan fingerprint density at radius 2 is 1.62 bits per heavy atom. The smallest absolute Gasteiger partial charge is 0.340 e. The molecule has 0 spiro atoms. The van der Waals surface area contributed by atoms with Gasteiger partial charge in [0.25, 0.3) is 0 Å². The summed E-state index contributed by atoms with van der Waals surface area (Å²) in [6.07, 6.45) is -4.22. The van der Waals surface area contributed by atoms with Crippen LogP contribution in [-0.2, 0) is 4.74 Å². The van der Waals surface area contributed by atoms with E-state index in [0.717, 1.165) is 11.4 Å². The van der Waals surface area contributed by atoms with Crippen molar-refractivity contribution in [2.75, 3.05) is 6.61 Å². The maximum atomic E-state index is 10.3. The van der Waals surface area contributed by atoms with E-state index in [1.54, 1.807) is 9.59 Å². The van der Waals surface area contributed by atoms with Crippen molar-refractivity contribution in [2.24, 2.45) is 0 Å². The number of aromatic nitrogens is 4. The van der Waals surface area contributed by atoms with Crippen LogP contribution in [0.2, 0.25) is 0 Å². The highest BCUT2D eigenvalue weighted by Gasteiger charge is 2.48. The maximum Gasteiger partial charge on any atom is 0.340 e. The van der Waals surface area contributed by atoms with Gasteiger partial charge in [-0.25, -0.2) is 0 Å². The largest absolute Gasteiger partial charge is 0.394 e. The molecule has 1 aliphatic heterocycles. The van der Waals surface area contributed by atoms with Gasteiger partial charge in [-0.1, -0.05) is 36.4 Å². The van der Waals surface area contributed by atoms with E-state index in [1.807, 2.05) is 60.7 Å². The number of hydrogen-bond acceptors (Lipinski definition) is 6. The standard InChI is InChI=1S/C18H19N4O4/c23-11-14-15(24)16(25)17(26-14)18-19-21(12-7-3-1-4-8-12)22(20-18)13-9-5-2-6-10-13/h1-10,14-17,23-25H,11H2/q+1/t14-,15+,16+,17+/m1/s1. The summed E-state index contributed by atoms with van der Waals surface area (Å²) >= 11 is 0. The van der Waals surface area contributed by atoms with Crippen LogP contribution in [0, 0.1) is 0 Å². The van der Waals surface area contributed by atoms with Crippen molar-refractivity contribution in [1.82, 2.24) is 15.0 Å². The molecule has 2 heterocycles. The van der Waals surface area contributed by atoms with E-state index < -0.39 is 31.0 Å². The second kappa shape index (κ2) is 6.93. The van der Waals surface area contributed by atoms with E-state index in [-0.39, 0.29) is 5.82 Å². The molecule has 0 amide bonds. The third-order valence-electron chi connectivity index (χ3n) is 4.34. The fourth-order valence-electron chi connectivity index (χ4n) is 2.98. The van der Waals surface area contributed by atoms with Gasteiger partial charge in [-0.05, 0) is 34.2 Å². The van der Waals surface area contributed by atoms with E-state index in [1.165, 1.54) is 0 Å². The zero-order valence-electron chi connectivity index (χ0n) is 13.8. The molecule has 0 saturated carbocycles. The van der Waals surface area contributed by atoms with Crippen LogP contribution >= 0.6 is 0 Å². The summed E-state index contributed by atoms with van der Waals surface area (Å²) in [6, 6.07) is 18.9. The average molecular weight is 355 g/mol.